The third-order valence-electron chi connectivity index (χ3n) is 6.79. The predicted octanol–water partition coefficient (Wildman–Crippen LogP) is 2.72. The fraction of sp³-hybridized carbons (Fsp3) is 0.542. The molecule has 0 bridgehead atoms. The average molecular weight is 406 g/mol. The lowest BCUT2D eigenvalue weighted by Crippen LogP contribution is -2.44. The first kappa shape index (κ1) is 19.5. The smallest absolute Gasteiger partial charge is 0.223 e. The van der Waals surface area contributed by atoms with Crippen LogP contribution in [0.2, 0.25) is 0 Å². The fourth-order valence-corrected chi connectivity index (χ4v) is 5.04. The molecule has 0 spiro atoms. The van der Waals surface area contributed by atoms with Crippen LogP contribution in [-0.4, -0.2) is 48.1 Å². The van der Waals surface area contributed by atoms with Crippen LogP contribution in [0.3, 0.4) is 0 Å². The summed E-state index contributed by atoms with van der Waals surface area (Å²) < 4.78 is 0. The van der Waals surface area contributed by atoms with Crippen molar-refractivity contribution >= 4 is 11.7 Å². The Morgan fingerprint density at radius 2 is 1.90 bits per heavy atom. The molecule has 2 saturated heterocycles. The van der Waals surface area contributed by atoms with Gasteiger partial charge in [-0.1, -0.05) is 30.3 Å². The highest BCUT2D eigenvalue weighted by Gasteiger charge is 2.29. The maximum atomic E-state index is 12.6. The number of nitrogens with one attached hydrogen (secondary N) is 2. The second kappa shape index (κ2) is 8.72. The third-order valence-corrected chi connectivity index (χ3v) is 6.79. The Kier molecular flexibility index (Phi) is 5.67. The Morgan fingerprint density at radius 1 is 1.07 bits per heavy atom. The van der Waals surface area contributed by atoms with Crippen LogP contribution < -0.4 is 15.5 Å². The number of hydrogen-bond acceptors (Lipinski definition) is 5. The van der Waals surface area contributed by atoms with Crippen LogP contribution >= 0.6 is 0 Å². The fourth-order valence-electron chi connectivity index (χ4n) is 5.04. The van der Waals surface area contributed by atoms with Gasteiger partial charge < -0.3 is 15.5 Å². The third kappa shape index (κ3) is 4.06. The van der Waals surface area contributed by atoms with Crippen molar-refractivity contribution in [3.05, 3.63) is 41.6 Å². The van der Waals surface area contributed by atoms with Crippen LogP contribution in [0.5, 0.6) is 0 Å². The standard InChI is InChI=1S/C24H31N5O/c30-24(26-16-19-8-5-13-25-19)18-11-14-29(15-12-18)23-20-9-4-10-21(20)27-22(28-23)17-6-2-1-3-7-17/h1-3,6-7,18-19,25H,4-5,8-16H2,(H,26,30)/t19-/m0/s1. The SMILES string of the molecule is O=C(NC[C@@H]1CCCN1)C1CCN(c2nc(-c3ccccc3)nc3c2CCC3)CC1. The van der Waals surface area contributed by atoms with E-state index in [4.69, 9.17) is 9.97 Å². The van der Waals surface area contributed by atoms with Crippen molar-refractivity contribution in [2.24, 2.45) is 5.92 Å². The van der Waals surface area contributed by atoms with Crippen LogP contribution in [0.15, 0.2) is 30.3 Å². The molecule has 6 heteroatoms. The molecule has 1 aliphatic carbocycles. The Balaban J connectivity index is 1.26. The first-order valence-corrected chi connectivity index (χ1v) is 11.5. The molecular formula is C24H31N5O. The summed E-state index contributed by atoms with van der Waals surface area (Å²) in [7, 11) is 0. The van der Waals surface area contributed by atoms with Gasteiger partial charge >= 0.3 is 0 Å². The summed E-state index contributed by atoms with van der Waals surface area (Å²) in [5, 5.41) is 6.62. The lowest BCUT2D eigenvalue weighted by Gasteiger charge is -2.33. The number of aryl methyl sites for hydroxylation is 1. The number of carbonyl (C=O) groups excluding carboxylic acids is 1. The zero-order chi connectivity index (χ0) is 20.3. The maximum absolute atomic E-state index is 12.6. The molecule has 1 aromatic heterocycles. The molecule has 2 aliphatic heterocycles. The van der Waals surface area contributed by atoms with Crippen LogP contribution in [0.4, 0.5) is 5.82 Å². The molecule has 5 rings (SSSR count). The van der Waals surface area contributed by atoms with E-state index < -0.39 is 0 Å². The van der Waals surface area contributed by atoms with E-state index in [2.05, 4.69) is 27.7 Å². The van der Waals surface area contributed by atoms with Gasteiger partial charge in [0, 0.05) is 48.4 Å². The van der Waals surface area contributed by atoms with E-state index in [0.29, 0.717) is 6.04 Å². The molecule has 1 amide bonds. The van der Waals surface area contributed by atoms with E-state index in [1.807, 2.05) is 18.2 Å². The Morgan fingerprint density at radius 3 is 2.67 bits per heavy atom. The summed E-state index contributed by atoms with van der Waals surface area (Å²) in [4.78, 5) is 24.9. The maximum Gasteiger partial charge on any atom is 0.223 e. The van der Waals surface area contributed by atoms with Gasteiger partial charge in [-0.3, -0.25) is 4.79 Å². The molecule has 6 nitrogen and oxygen atoms in total. The minimum Gasteiger partial charge on any atom is -0.356 e. The van der Waals surface area contributed by atoms with Crippen molar-refractivity contribution in [3.8, 4) is 11.4 Å². The summed E-state index contributed by atoms with van der Waals surface area (Å²) in [6, 6.07) is 10.7. The normalized spacial score (nSPS) is 21.6. The predicted molar refractivity (Wildman–Crippen MR) is 118 cm³/mol. The molecule has 0 radical (unpaired) electrons. The van der Waals surface area contributed by atoms with Gasteiger partial charge in [0.2, 0.25) is 5.91 Å². The molecule has 2 fully saturated rings. The summed E-state index contributed by atoms with van der Waals surface area (Å²) in [5.74, 6) is 2.27. The second-order valence-corrected chi connectivity index (χ2v) is 8.82. The zero-order valence-corrected chi connectivity index (χ0v) is 17.6. The highest BCUT2D eigenvalue weighted by Crippen LogP contribution is 2.33. The Hall–Kier alpha value is -2.47. The molecule has 1 aromatic carbocycles. The van der Waals surface area contributed by atoms with Gasteiger partial charge in [0.1, 0.15) is 5.82 Å². The monoisotopic (exact) mass is 405 g/mol. The first-order chi connectivity index (χ1) is 14.8. The summed E-state index contributed by atoms with van der Waals surface area (Å²) in [6.45, 7) is 3.61. The van der Waals surface area contributed by atoms with Crippen molar-refractivity contribution < 1.29 is 4.79 Å². The quantitative estimate of drug-likeness (QED) is 0.800. The van der Waals surface area contributed by atoms with Crippen molar-refractivity contribution in [1.82, 2.24) is 20.6 Å². The zero-order valence-electron chi connectivity index (χ0n) is 17.6. The molecule has 2 N–H and O–H groups in total. The lowest BCUT2D eigenvalue weighted by atomic mass is 9.95. The number of piperidine rings is 1. The van der Waals surface area contributed by atoms with E-state index >= 15 is 0 Å². The molecular weight excluding hydrogens is 374 g/mol. The van der Waals surface area contributed by atoms with Crippen LogP contribution in [0.1, 0.15) is 43.4 Å². The van der Waals surface area contributed by atoms with Crippen molar-refractivity contribution in [1.29, 1.82) is 0 Å². The van der Waals surface area contributed by atoms with Crippen LogP contribution in [0, 0.1) is 5.92 Å². The van der Waals surface area contributed by atoms with Crippen molar-refractivity contribution in [2.45, 2.75) is 51.0 Å². The highest BCUT2D eigenvalue weighted by atomic mass is 16.1. The molecule has 30 heavy (non-hydrogen) atoms. The number of nitrogens with zero attached hydrogens (tertiary/aromatic N) is 3. The van der Waals surface area contributed by atoms with Crippen molar-refractivity contribution in [3.63, 3.8) is 0 Å². The number of anilines is 1. The first-order valence-electron chi connectivity index (χ1n) is 11.5. The lowest BCUT2D eigenvalue weighted by molar-refractivity contribution is -0.125. The largest absolute Gasteiger partial charge is 0.356 e. The van der Waals surface area contributed by atoms with Crippen LogP contribution in [0.25, 0.3) is 11.4 Å². The molecule has 3 heterocycles. The summed E-state index contributed by atoms with van der Waals surface area (Å²) in [5.41, 5.74) is 3.61. The molecule has 1 atom stereocenters. The van der Waals surface area contributed by atoms with E-state index in [1.165, 1.54) is 24.1 Å². The molecule has 0 saturated carbocycles. The molecule has 158 valence electrons. The topological polar surface area (TPSA) is 70.2 Å². The van der Waals surface area contributed by atoms with E-state index in [1.54, 1.807) is 0 Å². The van der Waals surface area contributed by atoms with Gasteiger partial charge in [-0.2, -0.15) is 0 Å². The van der Waals surface area contributed by atoms with Crippen molar-refractivity contribution in [2.75, 3.05) is 31.1 Å². The number of hydrogen-bond donors (Lipinski definition) is 2. The molecule has 2 aromatic rings. The van der Waals surface area contributed by atoms with Gasteiger partial charge in [0.05, 0.1) is 0 Å². The second-order valence-electron chi connectivity index (χ2n) is 8.82. The Labute approximate surface area is 178 Å². The number of amides is 1. The molecule has 0 unspecified atom stereocenters. The summed E-state index contributed by atoms with van der Waals surface area (Å²) >= 11 is 0. The average Bonchev–Trinajstić information content (AvgIpc) is 3.49. The highest BCUT2D eigenvalue weighted by molar-refractivity contribution is 5.79. The Bertz CT molecular complexity index is 886. The number of aromatic nitrogens is 2. The van der Waals surface area contributed by atoms with Gasteiger partial charge in [0.15, 0.2) is 5.82 Å². The van der Waals surface area contributed by atoms with Crippen LogP contribution in [-0.2, 0) is 17.6 Å². The van der Waals surface area contributed by atoms with E-state index in [0.717, 1.165) is 75.5 Å². The number of fused-ring (bicyclic) bond motifs is 1. The van der Waals surface area contributed by atoms with Gasteiger partial charge in [-0.25, -0.2) is 9.97 Å². The van der Waals surface area contributed by atoms with Gasteiger partial charge in [0.25, 0.3) is 0 Å². The molecule has 3 aliphatic rings. The van der Waals surface area contributed by atoms with Gasteiger partial charge in [-0.15, -0.1) is 0 Å². The summed E-state index contributed by atoms with van der Waals surface area (Å²) in [6.07, 6.45) is 7.43. The van der Waals surface area contributed by atoms with E-state index in [-0.39, 0.29) is 11.8 Å². The number of carbonyl (C=O) groups is 1. The van der Waals surface area contributed by atoms with E-state index in [9.17, 15) is 4.79 Å². The van der Waals surface area contributed by atoms with Gasteiger partial charge in [-0.05, 0) is 51.5 Å². The minimum absolute atomic E-state index is 0.117. The minimum atomic E-state index is 0.117. The number of benzene rings is 1. The number of rotatable bonds is 5.